The van der Waals surface area contributed by atoms with Crippen LogP contribution in [0.5, 0.6) is 0 Å². The summed E-state index contributed by atoms with van der Waals surface area (Å²) in [5.41, 5.74) is 1.45. The van der Waals surface area contributed by atoms with Crippen molar-refractivity contribution in [2.75, 3.05) is 13.2 Å². The van der Waals surface area contributed by atoms with Gasteiger partial charge in [0.25, 0.3) is 0 Å². The third-order valence-electron chi connectivity index (χ3n) is 3.14. The Kier molecular flexibility index (Phi) is 7.01. The summed E-state index contributed by atoms with van der Waals surface area (Å²) in [6.07, 6.45) is 1.31. The van der Waals surface area contributed by atoms with Gasteiger partial charge in [0.1, 0.15) is 0 Å². The van der Waals surface area contributed by atoms with Gasteiger partial charge in [-0.1, -0.05) is 23.7 Å². The minimum Gasteiger partial charge on any atom is -0.379 e. The fourth-order valence-electron chi connectivity index (χ4n) is 2.00. The molecule has 3 heteroatoms. The highest BCUT2D eigenvalue weighted by Gasteiger charge is 2.16. The first-order valence-electron chi connectivity index (χ1n) is 7.40. The molecule has 114 valence electrons. The highest BCUT2D eigenvalue weighted by Crippen LogP contribution is 2.22. The standard InChI is InChI=1S/C17H28ClNO/c1-13(2)20-11-10-15(12-19-17(3,4)5)14-6-8-16(18)9-7-14/h6-9,13,15,19H,10-12H2,1-5H3. The molecule has 0 aliphatic rings. The predicted molar refractivity (Wildman–Crippen MR) is 87.7 cm³/mol. The van der Waals surface area contributed by atoms with Crippen LogP contribution in [0.4, 0.5) is 0 Å². The Morgan fingerprint density at radius 3 is 2.25 bits per heavy atom. The summed E-state index contributed by atoms with van der Waals surface area (Å²) in [6.45, 7) is 12.5. The molecular weight excluding hydrogens is 270 g/mol. The van der Waals surface area contributed by atoms with Gasteiger partial charge < -0.3 is 10.1 Å². The average molecular weight is 298 g/mol. The molecule has 1 aromatic carbocycles. The van der Waals surface area contributed by atoms with Gasteiger partial charge in [0.15, 0.2) is 0 Å². The van der Waals surface area contributed by atoms with Crippen LogP contribution < -0.4 is 5.32 Å². The lowest BCUT2D eigenvalue weighted by molar-refractivity contribution is 0.0729. The molecule has 1 rings (SSSR count). The Bertz CT molecular complexity index is 381. The lowest BCUT2D eigenvalue weighted by Crippen LogP contribution is -2.38. The van der Waals surface area contributed by atoms with Crippen molar-refractivity contribution in [1.82, 2.24) is 5.32 Å². The van der Waals surface area contributed by atoms with Gasteiger partial charge in [0.2, 0.25) is 0 Å². The smallest absolute Gasteiger partial charge is 0.0518 e. The molecule has 0 aliphatic heterocycles. The van der Waals surface area contributed by atoms with Gasteiger partial charge in [0, 0.05) is 23.7 Å². The molecule has 1 unspecified atom stereocenters. The highest BCUT2D eigenvalue weighted by molar-refractivity contribution is 6.30. The molecule has 0 heterocycles. The monoisotopic (exact) mass is 297 g/mol. The van der Waals surface area contributed by atoms with Crippen molar-refractivity contribution < 1.29 is 4.74 Å². The van der Waals surface area contributed by atoms with Crippen molar-refractivity contribution in [2.45, 2.75) is 58.6 Å². The zero-order chi connectivity index (χ0) is 15.2. The van der Waals surface area contributed by atoms with E-state index in [9.17, 15) is 0 Å². The molecule has 20 heavy (non-hydrogen) atoms. The van der Waals surface area contributed by atoms with E-state index in [0.29, 0.717) is 5.92 Å². The molecule has 0 aliphatic carbocycles. The summed E-state index contributed by atoms with van der Waals surface area (Å²) >= 11 is 5.97. The van der Waals surface area contributed by atoms with E-state index in [2.05, 4.69) is 52.1 Å². The summed E-state index contributed by atoms with van der Waals surface area (Å²) in [4.78, 5) is 0. The van der Waals surface area contributed by atoms with E-state index in [1.165, 1.54) is 5.56 Å². The van der Waals surface area contributed by atoms with E-state index in [-0.39, 0.29) is 11.6 Å². The van der Waals surface area contributed by atoms with Crippen molar-refractivity contribution in [3.63, 3.8) is 0 Å². The van der Waals surface area contributed by atoms with Gasteiger partial charge in [-0.05, 0) is 64.7 Å². The van der Waals surface area contributed by atoms with E-state index in [0.717, 1.165) is 24.6 Å². The third-order valence-corrected chi connectivity index (χ3v) is 3.39. The fourth-order valence-corrected chi connectivity index (χ4v) is 2.12. The SMILES string of the molecule is CC(C)OCCC(CNC(C)(C)C)c1ccc(Cl)cc1. The summed E-state index contributed by atoms with van der Waals surface area (Å²) in [5.74, 6) is 0.449. The summed E-state index contributed by atoms with van der Waals surface area (Å²) < 4.78 is 5.70. The quantitative estimate of drug-likeness (QED) is 0.792. The van der Waals surface area contributed by atoms with Crippen molar-refractivity contribution >= 4 is 11.6 Å². The first-order chi connectivity index (χ1) is 9.28. The minimum absolute atomic E-state index is 0.129. The van der Waals surface area contributed by atoms with Crippen molar-refractivity contribution in [3.05, 3.63) is 34.9 Å². The number of hydrogen-bond acceptors (Lipinski definition) is 2. The third kappa shape index (κ3) is 7.28. The van der Waals surface area contributed by atoms with Gasteiger partial charge in [-0.3, -0.25) is 0 Å². The topological polar surface area (TPSA) is 21.3 Å². The van der Waals surface area contributed by atoms with Gasteiger partial charge in [0.05, 0.1) is 6.10 Å². The number of nitrogens with one attached hydrogen (secondary N) is 1. The Morgan fingerprint density at radius 1 is 1.15 bits per heavy atom. The van der Waals surface area contributed by atoms with Gasteiger partial charge in [-0.25, -0.2) is 0 Å². The molecule has 0 aromatic heterocycles. The largest absolute Gasteiger partial charge is 0.379 e. The second kappa shape index (κ2) is 8.02. The molecule has 0 amide bonds. The number of benzene rings is 1. The zero-order valence-electron chi connectivity index (χ0n) is 13.4. The summed E-state index contributed by atoms with van der Waals surface area (Å²) in [7, 11) is 0. The molecule has 0 bridgehead atoms. The number of hydrogen-bond donors (Lipinski definition) is 1. The molecule has 1 N–H and O–H groups in total. The molecule has 0 spiro atoms. The van der Waals surface area contributed by atoms with Gasteiger partial charge >= 0.3 is 0 Å². The molecule has 0 saturated carbocycles. The number of rotatable bonds is 7. The predicted octanol–water partition coefficient (Wildman–Crippen LogP) is 4.63. The second-order valence-corrected chi connectivity index (χ2v) is 7.02. The van der Waals surface area contributed by atoms with Crippen LogP contribution >= 0.6 is 11.6 Å². The van der Waals surface area contributed by atoms with E-state index < -0.39 is 0 Å². The van der Waals surface area contributed by atoms with Crippen LogP contribution in [0.15, 0.2) is 24.3 Å². The highest BCUT2D eigenvalue weighted by atomic mass is 35.5. The molecular formula is C17H28ClNO. The minimum atomic E-state index is 0.129. The maximum atomic E-state index is 5.97. The van der Waals surface area contributed by atoms with Gasteiger partial charge in [-0.2, -0.15) is 0 Å². The lowest BCUT2D eigenvalue weighted by atomic mass is 9.94. The van der Waals surface area contributed by atoms with E-state index >= 15 is 0 Å². The van der Waals surface area contributed by atoms with Crippen LogP contribution in [0.1, 0.15) is 52.5 Å². The molecule has 0 radical (unpaired) electrons. The summed E-state index contributed by atoms with van der Waals surface area (Å²) in [5, 5.41) is 4.37. The van der Waals surface area contributed by atoms with Crippen LogP contribution in [0.3, 0.4) is 0 Å². The van der Waals surface area contributed by atoms with Crippen LogP contribution in [0, 0.1) is 0 Å². The lowest BCUT2D eigenvalue weighted by Gasteiger charge is -2.26. The maximum absolute atomic E-state index is 5.97. The molecule has 0 fully saturated rings. The van der Waals surface area contributed by atoms with Gasteiger partial charge in [-0.15, -0.1) is 0 Å². The average Bonchev–Trinajstić information content (AvgIpc) is 2.33. The number of halogens is 1. The number of ether oxygens (including phenoxy) is 1. The van der Waals surface area contributed by atoms with E-state index in [1.54, 1.807) is 0 Å². The van der Waals surface area contributed by atoms with Crippen LogP contribution in [-0.2, 0) is 4.74 Å². The first kappa shape index (κ1) is 17.5. The summed E-state index contributed by atoms with van der Waals surface area (Å²) in [6, 6.07) is 8.16. The Morgan fingerprint density at radius 2 is 1.75 bits per heavy atom. The first-order valence-corrected chi connectivity index (χ1v) is 7.78. The van der Waals surface area contributed by atoms with Crippen LogP contribution in [0.25, 0.3) is 0 Å². The van der Waals surface area contributed by atoms with Crippen LogP contribution in [0.2, 0.25) is 5.02 Å². The molecule has 1 atom stereocenters. The zero-order valence-corrected chi connectivity index (χ0v) is 14.1. The molecule has 1 aromatic rings. The Balaban J connectivity index is 2.65. The van der Waals surface area contributed by atoms with E-state index in [1.807, 2.05) is 12.1 Å². The fraction of sp³-hybridized carbons (Fsp3) is 0.647. The maximum Gasteiger partial charge on any atom is 0.0518 e. The van der Waals surface area contributed by atoms with Crippen molar-refractivity contribution in [1.29, 1.82) is 0 Å². The molecule has 0 saturated heterocycles. The Labute approximate surface area is 128 Å². The van der Waals surface area contributed by atoms with Crippen LogP contribution in [-0.4, -0.2) is 24.8 Å². The van der Waals surface area contributed by atoms with E-state index in [4.69, 9.17) is 16.3 Å². The Hall–Kier alpha value is -0.570. The molecule has 2 nitrogen and oxygen atoms in total. The second-order valence-electron chi connectivity index (χ2n) is 6.59. The van der Waals surface area contributed by atoms with Crippen molar-refractivity contribution in [2.24, 2.45) is 0 Å². The van der Waals surface area contributed by atoms with Crippen molar-refractivity contribution in [3.8, 4) is 0 Å². The normalized spacial score (nSPS) is 13.8.